The Bertz CT molecular complexity index is 398. The first kappa shape index (κ1) is 16.4. The summed E-state index contributed by atoms with van der Waals surface area (Å²) in [5.74, 6) is -0.289. The van der Waals surface area contributed by atoms with Crippen molar-refractivity contribution >= 4 is 15.7 Å². The Morgan fingerprint density at radius 2 is 1.79 bits per heavy atom. The summed E-state index contributed by atoms with van der Waals surface area (Å²) in [7, 11) is -3.32. The van der Waals surface area contributed by atoms with Crippen molar-refractivity contribution in [3.8, 4) is 0 Å². The van der Waals surface area contributed by atoms with Gasteiger partial charge in [-0.3, -0.25) is 9.69 Å². The quantitative estimate of drug-likeness (QED) is 0.724. The molecule has 112 valence electrons. The van der Waals surface area contributed by atoms with Crippen LogP contribution in [0.2, 0.25) is 0 Å². The zero-order valence-corrected chi connectivity index (χ0v) is 12.8. The van der Waals surface area contributed by atoms with Gasteiger partial charge in [0.15, 0.2) is 9.84 Å². The fraction of sp³-hybridized carbons (Fsp3) is 0.917. The number of carbonyl (C=O) groups excluding carboxylic acids is 1. The number of piperazine rings is 1. The van der Waals surface area contributed by atoms with Gasteiger partial charge in [0.2, 0.25) is 5.91 Å². The number of nitrogens with zero attached hydrogens (tertiary/aromatic N) is 2. The largest absolute Gasteiger partial charge is 0.339 e. The minimum Gasteiger partial charge on any atom is -0.339 e. The molecule has 1 aliphatic heterocycles. The third-order valence-electron chi connectivity index (χ3n) is 3.88. The van der Waals surface area contributed by atoms with E-state index in [1.54, 1.807) is 4.90 Å². The zero-order valence-electron chi connectivity index (χ0n) is 12.0. The molecule has 2 unspecified atom stereocenters. The molecule has 0 radical (unpaired) electrons. The fourth-order valence-electron chi connectivity index (χ4n) is 2.32. The van der Waals surface area contributed by atoms with E-state index < -0.39 is 15.1 Å². The minimum absolute atomic E-state index is 0.289. The average Bonchev–Trinajstić information content (AvgIpc) is 2.38. The second-order valence-corrected chi connectivity index (χ2v) is 7.50. The van der Waals surface area contributed by atoms with E-state index in [1.165, 1.54) is 6.92 Å². The molecule has 1 aliphatic rings. The van der Waals surface area contributed by atoms with Gasteiger partial charge in [-0.15, -0.1) is 0 Å². The van der Waals surface area contributed by atoms with E-state index in [2.05, 4.69) is 11.8 Å². The smallest absolute Gasteiger partial charge is 0.240 e. The third kappa shape index (κ3) is 4.15. The Labute approximate surface area is 115 Å². The van der Waals surface area contributed by atoms with Gasteiger partial charge in [0.25, 0.3) is 0 Å². The molecule has 1 saturated heterocycles. The Hall–Kier alpha value is -0.660. The van der Waals surface area contributed by atoms with Crippen molar-refractivity contribution in [2.45, 2.75) is 31.6 Å². The molecule has 7 heteroatoms. The number of nitrogens with two attached hydrogens (primary N) is 1. The van der Waals surface area contributed by atoms with Gasteiger partial charge >= 0.3 is 0 Å². The molecule has 1 rings (SSSR count). The van der Waals surface area contributed by atoms with Gasteiger partial charge in [-0.25, -0.2) is 8.42 Å². The molecular formula is C12H25N3O3S. The molecule has 19 heavy (non-hydrogen) atoms. The van der Waals surface area contributed by atoms with E-state index >= 15 is 0 Å². The summed E-state index contributed by atoms with van der Waals surface area (Å²) >= 11 is 0. The van der Waals surface area contributed by atoms with Crippen LogP contribution >= 0.6 is 0 Å². The van der Waals surface area contributed by atoms with Crippen molar-refractivity contribution in [1.29, 1.82) is 0 Å². The van der Waals surface area contributed by atoms with Crippen LogP contribution in [0.1, 0.15) is 20.3 Å². The monoisotopic (exact) mass is 291 g/mol. The lowest BCUT2D eigenvalue weighted by atomic mass is 10.1. The molecule has 6 nitrogen and oxygen atoms in total. The summed E-state index contributed by atoms with van der Waals surface area (Å²) in [5.41, 5.74) is 5.71. The molecule has 1 fully saturated rings. The third-order valence-corrected chi connectivity index (χ3v) is 5.36. The van der Waals surface area contributed by atoms with Crippen LogP contribution in [0, 0.1) is 0 Å². The normalized spacial score (nSPS) is 21.2. The highest BCUT2D eigenvalue weighted by Crippen LogP contribution is 2.11. The Balaban J connectivity index is 2.57. The van der Waals surface area contributed by atoms with Crippen molar-refractivity contribution in [2.24, 2.45) is 5.73 Å². The maximum Gasteiger partial charge on any atom is 0.240 e. The van der Waals surface area contributed by atoms with Crippen LogP contribution in [0.3, 0.4) is 0 Å². The van der Waals surface area contributed by atoms with Crippen molar-refractivity contribution in [3.63, 3.8) is 0 Å². The van der Waals surface area contributed by atoms with Crippen molar-refractivity contribution in [2.75, 3.05) is 39.0 Å². The predicted molar refractivity (Wildman–Crippen MR) is 75.6 cm³/mol. The van der Waals surface area contributed by atoms with Gasteiger partial charge in [-0.1, -0.05) is 6.92 Å². The fourth-order valence-corrected chi connectivity index (χ4v) is 2.84. The Morgan fingerprint density at radius 3 is 2.16 bits per heavy atom. The number of hydrogen-bond acceptors (Lipinski definition) is 5. The van der Waals surface area contributed by atoms with Crippen molar-refractivity contribution < 1.29 is 13.2 Å². The summed E-state index contributed by atoms with van der Waals surface area (Å²) < 4.78 is 22.8. The highest BCUT2D eigenvalue weighted by molar-refractivity contribution is 7.92. The van der Waals surface area contributed by atoms with Crippen molar-refractivity contribution in [3.05, 3.63) is 0 Å². The lowest BCUT2D eigenvalue weighted by Gasteiger charge is -2.39. The molecule has 0 spiro atoms. The van der Waals surface area contributed by atoms with Crippen LogP contribution in [0.25, 0.3) is 0 Å². The summed E-state index contributed by atoms with van der Waals surface area (Å²) in [6.45, 7) is 6.85. The molecule has 1 amide bonds. The maximum absolute atomic E-state index is 12.1. The Morgan fingerprint density at radius 1 is 1.26 bits per heavy atom. The van der Waals surface area contributed by atoms with Gasteiger partial charge in [0.05, 0.1) is 0 Å². The van der Waals surface area contributed by atoms with Gasteiger partial charge in [0, 0.05) is 45.0 Å². The van der Waals surface area contributed by atoms with Crippen LogP contribution in [0.15, 0.2) is 0 Å². The molecule has 0 aromatic carbocycles. The van der Waals surface area contributed by atoms with Crippen LogP contribution < -0.4 is 5.73 Å². The van der Waals surface area contributed by atoms with E-state index in [-0.39, 0.29) is 5.91 Å². The van der Waals surface area contributed by atoms with E-state index in [9.17, 15) is 13.2 Å². The predicted octanol–water partition coefficient (Wildman–Crippen LogP) is -0.699. The molecule has 0 aromatic rings. The van der Waals surface area contributed by atoms with Crippen LogP contribution in [0.4, 0.5) is 0 Å². The first-order valence-corrected chi connectivity index (χ1v) is 8.68. The van der Waals surface area contributed by atoms with Crippen LogP contribution in [-0.2, 0) is 14.6 Å². The van der Waals surface area contributed by atoms with E-state index in [4.69, 9.17) is 5.73 Å². The summed E-state index contributed by atoms with van der Waals surface area (Å²) in [6.07, 6.45) is 2.09. The number of hydrogen-bond donors (Lipinski definition) is 1. The molecule has 0 saturated carbocycles. The lowest BCUT2D eigenvalue weighted by Crippen LogP contribution is -2.55. The van der Waals surface area contributed by atoms with Crippen LogP contribution in [-0.4, -0.2) is 74.4 Å². The molecule has 2 N–H and O–H groups in total. The van der Waals surface area contributed by atoms with Gasteiger partial charge < -0.3 is 10.6 Å². The second kappa shape index (κ2) is 6.67. The average molecular weight is 291 g/mol. The number of sulfone groups is 1. The first-order chi connectivity index (χ1) is 8.81. The molecule has 0 aromatic heterocycles. The Kier molecular flexibility index (Phi) is 5.76. The highest BCUT2D eigenvalue weighted by atomic mass is 32.2. The first-order valence-electron chi connectivity index (χ1n) is 6.73. The number of rotatable bonds is 5. The molecule has 1 heterocycles. The maximum atomic E-state index is 12.1. The summed E-state index contributed by atoms with van der Waals surface area (Å²) in [4.78, 5) is 16.0. The van der Waals surface area contributed by atoms with Gasteiger partial charge in [0.1, 0.15) is 5.25 Å². The van der Waals surface area contributed by atoms with E-state index in [0.717, 1.165) is 25.8 Å². The molecule has 2 atom stereocenters. The summed E-state index contributed by atoms with van der Waals surface area (Å²) in [5, 5.41) is -0.949. The number of carbonyl (C=O) groups is 1. The van der Waals surface area contributed by atoms with Gasteiger partial charge in [-0.2, -0.15) is 0 Å². The lowest BCUT2D eigenvalue weighted by molar-refractivity contribution is -0.132. The molecule has 0 bridgehead atoms. The number of amides is 1. The zero-order chi connectivity index (χ0) is 14.6. The molecule has 0 aliphatic carbocycles. The topological polar surface area (TPSA) is 83.7 Å². The highest BCUT2D eigenvalue weighted by Gasteiger charge is 2.31. The minimum atomic E-state index is -3.32. The van der Waals surface area contributed by atoms with E-state index in [1.807, 2.05) is 0 Å². The van der Waals surface area contributed by atoms with Crippen LogP contribution in [0.5, 0.6) is 0 Å². The summed E-state index contributed by atoms with van der Waals surface area (Å²) in [6, 6.07) is 0.351. The van der Waals surface area contributed by atoms with E-state index in [0.29, 0.717) is 25.7 Å². The van der Waals surface area contributed by atoms with Gasteiger partial charge in [-0.05, 0) is 13.3 Å². The van der Waals surface area contributed by atoms with Crippen molar-refractivity contribution in [1.82, 2.24) is 9.80 Å². The standard InChI is InChI=1S/C12H25N3O3S/c1-4-11(9-13)14-5-7-15(8-6-14)12(16)10(2)19(3,17)18/h10-11H,4-9,13H2,1-3H3. The molecular weight excluding hydrogens is 266 g/mol. The second-order valence-electron chi connectivity index (χ2n) is 5.13. The SMILES string of the molecule is CCC(CN)N1CCN(C(=O)C(C)S(C)(=O)=O)CC1.